The molecule has 1 aliphatic carbocycles. The molecule has 5 N–H and O–H groups in total. The minimum atomic E-state index is -2.60. The number of hydrogen-bond acceptors (Lipinski definition) is 4. The lowest BCUT2D eigenvalue weighted by Gasteiger charge is -2.30. The number of primary amides is 1. The molecule has 4 amide bonds. The topological polar surface area (TPSA) is 131 Å². The molecule has 11 heteroatoms. The van der Waals surface area contributed by atoms with Gasteiger partial charge in [-0.2, -0.15) is 5.10 Å². The molecule has 2 aromatic rings. The highest BCUT2D eigenvalue weighted by Gasteiger charge is 2.36. The molecule has 1 unspecified atom stereocenters. The number of nitrogens with zero attached hydrogens (tertiary/aromatic N) is 2. The largest absolute Gasteiger partial charge is 0.353 e. The number of para-hydroxylation sites is 1. The van der Waals surface area contributed by atoms with Crippen molar-refractivity contribution >= 4 is 28.7 Å². The smallest absolute Gasteiger partial charge is 0.312 e. The van der Waals surface area contributed by atoms with Crippen molar-refractivity contribution in [2.24, 2.45) is 17.1 Å². The molecule has 0 aliphatic heterocycles. The van der Waals surface area contributed by atoms with Gasteiger partial charge in [0.25, 0.3) is 5.91 Å². The van der Waals surface area contributed by atoms with Gasteiger partial charge < -0.3 is 21.7 Å². The van der Waals surface area contributed by atoms with Crippen molar-refractivity contribution in [3.05, 3.63) is 30.0 Å². The van der Waals surface area contributed by atoms with Crippen LogP contribution in [0.25, 0.3) is 10.9 Å². The van der Waals surface area contributed by atoms with Gasteiger partial charge in [0.05, 0.1) is 5.52 Å². The quantitative estimate of drug-likeness (QED) is 0.422. The van der Waals surface area contributed by atoms with Gasteiger partial charge in [-0.3, -0.25) is 14.3 Å². The Morgan fingerprint density at radius 3 is 2.40 bits per heavy atom. The summed E-state index contributed by atoms with van der Waals surface area (Å²) < 4.78 is 28.8. The first-order valence-electron chi connectivity index (χ1n) is 11.8. The molecule has 1 saturated carbocycles. The van der Waals surface area contributed by atoms with E-state index in [-0.39, 0.29) is 37.5 Å². The Morgan fingerprint density at radius 2 is 1.77 bits per heavy atom. The van der Waals surface area contributed by atoms with E-state index in [1.807, 2.05) is 32.9 Å². The Morgan fingerprint density at radius 1 is 1.14 bits per heavy atom. The standard InChI is InChI=1S/C24H34F2N6O3/c1-23(2,3)19(21(34)28-12-13-29-22(27)35)30-20(33)18-16-6-4-5-7-17(16)32(31-18)14-15-8-10-24(25,26)11-9-15/h4-7,15,19H,8-14H2,1-3H3,(H,28,34)(H,30,33)(H3,27,29,35). The molecule has 0 saturated heterocycles. The Hall–Kier alpha value is -3.24. The summed E-state index contributed by atoms with van der Waals surface area (Å²) >= 11 is 0. The molecule has 192 valence electrons. The number of nitrogens with two attached hydrogens (primary N) is 1. The third kappa shape index (κ3) is 6.89. The molecule has 9 nitrogen and oxygen atoms in total. The number of amides is 4. The number of fused-ring (bicyclic) bond motifs is 1. The molecule has 0 spiro atoms. The van der Waals surface area contributed by atoms with Crippen LogP contribution in [-0.2, 0) is 11.3 Å². The minimum absolute atomic E-state index is 0.0518. The molecule has 1 heterocycles. The summed E-state index contributed by atoms with van der Waals surface area (Å²) in [6.45, 7) is 6.24. The maximum atomic E-state index is 13.6. The van der Waals surface area contributed by atoms with Gasteiger partial charge in [0.2, 0.25) is 11.8 Å². The first kappa shape index (κ1) is 26.4. The van der Waals surface area contributed by atoms with E-state index in [9.17, 15) is 23.2 Å². The van der Waals surface area contributed by atoms with E-state index in [4.69, 9.17) is 5.73 Å². The van der Waals surface area contributed by atoms with Gasteiger partial charge in [0.1, 0.15) is 6.04 Å². The molecule has 1 atom stereocenters. The first-order valence-corrected chi connectivity index (χ1v) is 11.8. The lowest BCUT2D eigenvalue weighted by Crippen LogP contribution is -2.54. The third-order valence-electron chi connectivity index (χ3n) is 6.27. The summed E-state index contributed by atoms with van der Waals surface area (Å²) in [4.78, 5) is 36.9. The van der Waals surface area contributed by atoms with Crippen LogP contribution in [0.3, 0.4) is 0 Å². The van der Waals surface area contributed by atoms with E-state index in [0.29, 0.717) is 24.8 Å². The van der Waals surface area contributed by atoms with Crippen LogP contribution >= 0.6 is 0 Å². The minimum Gasteiger partial charge on any atom is -0.353 e. The fourth-order valence-corrected chi connectivity index (χ4v) is 4.31. The van der Waals surface area contributed by atoms with Crippen molar-refractivity contribution in [3.8, 4) is 0 Å². The predicted molar refractivity (Wildman–Crippen MR) is 128 cm³/mol. The fraction of sp³-hybridized carbons (Fsp3) is 0.583. The van der Waals surface area contributed by atoms with Crippen LogP contribution in [0.1, 0.15) is 56.9 Å². The van der Waals surface area contributed by atoms with Gasteiger partial charge in [-0.1, -0.05) is 39.0 Å². The molecule has 0 bridgehead atoms. The highest BCUT2D eigenvalue weighted by molar-refractivity contribution is 6.06. The highest BCUT2D eigenvalue weighted by atomic mass is 19.3. The van der Waals surface area contributed by atoms with Crippen LogP contribution in [-0.4, -0.2) is 52.7 Å². The Balaban J connectivity index is 1.76. The Labute approximate surface area is 203 Å². The van der Waals surface area contributed by atoms with Crippen molar-refractivity contribution < 1.29 is 23.2 Å². The predicted octanol–water partition coefficient (Wildman–Crippen LogP) is 2.79. The number of rotatable bonds is 8. The molecule has 3 rings (SSSR count). The number of benzene rings is 1. The van der Waals surface area contributed by atoms with E-state index in [1.54, 1.807) is 16.8 Å². The van der Waals surface area contributed by atoms with Crippen LogP contribution in [0.5, 0.6) is 0 Å². The summed E-state index contributed by atoms with van der Waals surface area (Å²) in [6, 6.07) is 5.70. The van der Waals surface area contributed by atoms with Crippen LogP contribution < -0.4 is 21.7 Å². The first-order chi connectivity index (χ1) is 16.4. The maximum Gasteiger partial charge on any atom is 0.312 e. The van der Waals surface area contributed by atoms with Gasteiger partial charge in [-0.15, -0.1) is 0 Å². The lowest BCUT2D eigenvalue weighted by atomic mass is 9.86. The summed E-state index contributed by atoms with van der Waals surface area (Å²) in [5.41, 5.74) is 5.34. The second kappa shape index (κ2) is 10.6. The van der Waals surface area contributed by atoms with Crippen LogP contribution in [0.15, 0.2) is 24.3 Å². The Bertz CT molecular complexity index is 1070. The van der Waals surface area contributed by atoms with Crippen LogP contribution in [0.4, 0.5) is 13.6 Å². The maximum absolute atomic E-state index is 13.6. The van der Waals surface area contributed by atoms with Crippen molar-refractivity contribution in [2.45, 2.75) is 65.0 Å². The third-order valence-corrected chi connectivity index (χ3v) is 6.27. The van der Waals surface area contributed by atoms with Crippen LogP contribution in [0, 0.1) is 11.3 Å². The average molecular weight is 493 g/mol. The molecular formula is C24H34F2N6O3. The zero-order valence-corrected chi connectivity index (χ0v) is 20.4. The van der Waals surface area contributed by atoms with E-state index in [0.717, 1.165) is 5.52 Å². The van der Waals surface area contributed by atoms with Gasteiger partial charge >= 0.3 is 6.03 Å². The number of carbonyl (C=O) groups is 3. The number of alkyl halides is 2. The normalized spacial score (nSPS) is 17.1. The summed E-state index contributed by atoms with van der Waals surface area (Å²) in [6.07, 6.45) is 0.530. The summed E-state index contributed by atoms with van der Waals surface area (Å²) in [5.74, 6) is -3.45. The SMILES string of the molecule is CC(C)(C)C(NC(=O)c1nn(CC2CCC(F)(F)CC2)c2ccccc12)C(=O)NCCNC(N)=O. The van der Waals surface area contributed by atoms with Crippen molar-refractivity contribution in [1.82, 2.24) is 25.7 Å². The Kier molecular flexibility index (Phi) is 7.97. The average Bonchev–Trinajstić information content (AvgIpc) is 3.14. The fourth-order valence-electron chi connectivity index (χ4n) is 4.31. The van der Waals surface area contributed by atoms with Crippen molar-refractivity contribution in [3.63, 3.8) is 0 Å². The van der Waals surface area contributed by atoms with Crippen molar-refractivity contribution in [2.75, 3.05) is 13.1 Å². The van der Waals surface area contributed by atoms with Crippen molar-refractivity contribution in [1.29, 1.82) is 0 Å². The zero-order chi connectivity index (χ0) is 25.8. The van der Waals surface area contributed by atoms with Gasteiger partial charge in [-0.25, -0.2) is 13.6 Å². The number of aromatic nitrogens is 2. The van der Waals surface area contributed by atoms with E-state index in [2.05, 4.69) is 21.0 Å². The second-order valence-corrected chi connectivity index (χ2v) is 10.2. The molecular weight excluding hydrogens is 458 g/mol. The van der Waals surface area contributed by atoms with E-state index in [1.165, 1.54) is 0 Å². The molecule has 1 aromatic carbocycles. The number of urea groups is 1. The summed E-state index contributed by atoms with van der Waals surface area (Å²) in [7, 11) is 0. The molecule has 1 aromatic heterocycles. The highest BCUT2D eigenvalue weighted by Crippen LogP contribution is 2.37. The number of carbonyl (C=O) groups excluding carboxylic acids is 3. The number of halogens is 2. The number of hydrogen-bond donors (Lipinski definition) is 4. The molecule has 1 fully saturated rings. The molecule has 35 heavy (non-hydrogen) atoms. The van der Waals surface area contributed by atoms with Gasteiger partial charge in [0, 0.05) is 37.9 Å². The van der Waals surface area contributed by atoms with E-state index >= 15 is 0 Å². The number of nitrogens with one attached hydrogen (secondary N) is 3. The molecule has 1 aliphatic rings. The lowest BCUT2D eigenvalue weighted by molar-refractivity contribution is -0.125. The van der Waals surface area contributed by atoms with Gasteiger partial charge in [-0.05, 0) is 30.2 Å². The van der Waals surface area contributed by atoms with Crippen LogP contribution in [0.2, 0.25) is 0 Å². The second-order valence-electron chi connectivity index (χ2n) is 10.2. The van der Waals surface area contributed by atoms with E-state index < -0.39 is 35.2 Å². The molecule has 0 radical (unpaired) electrons. The monoisotopic (exact) mass is 492 g/mol. The summed E-state index contributed by atoms with van der Waals surface area (Å²) in [5, 5.41) is 13.0. The zero-order valence-electron chi connectivity index (χ0n) is 20.4. The van der Waals surface area contributed by atoms with Gasteiger partial charge in [0.15, 0.2) is 5.69 Å².